The predicted molar refractivity (Wildman–Crippen MR) is 111 cm³/mol. The molecule has 0 unspecified atom stereocenters. The minimum Gasteiger partial charge on any atom is -0.502 e. The van der Waals surface area contributed by atoms with Gasteiger partial charge in [0.05, 0.1) is 5.56 Å². The molecule has 1 N–H and O–H groups in total. The molecule has 33 heavy (non-hydrogen) atoms. The second-order valence-corrected chi connectivity index (χ2v) is 9.08. The molecule has 1 aromatic heterocycles. The quantitative estimate of drug-likeness (QED) is 0.708. The van der Waals surface area contributed by atoms with E-state index in [0.717, 1.165) is 19.3 Å². The molecule has 1 aromatic carbocycles. The molecule has 174 valence electrons. The van der Waals surface area contributed by atoms with Crippen LogP contribution >= 0.6 is 0 Å². The number of benzene rings is 1. The van der Waals surface area contributed by atoms with Crippen LogP contribution in [-0.2, 0) is 6.42 Å². The lowest BCUT2D eigenvalue weighted by molar-refractivity contribution is 0.0492. The van der Waals surface area contributed by atoms with Gasteiger partial charge in [-0.05, 0) is 37.5 Å². The van der Waals surface area contributed by atoms with Gasteiger partial charge in [0.25, 0.3) is 5.91 Å². The van der Waals surface area contributed by atoms with E-state index in [2.05, 4.69) is 0 Å². The Morgan fingerprint density at radius 2 is 1.85 bits per heavy atom. The molecule has 3 heterocycles. The second-order valence-electron chi connectivity index (χ2n) is 9.08. The van der Waals surface area contributed by atoms with Gasteiger partial charge in [-0.3, -0.25) is 24.1 Å². The number of nitrogens with zero attached hydrogens (tertiary/aromatic N) is 3. The molecule has 0 radical (unpaired) electrons. The van der Waals surface area contributed by atoms with Crippen LogP contribution in [0.4, 0.5) is 13.2 Å². The Labute approximate surface area is 187 Å². The number of fused-ring (bicyclic) bond motifs is 6. The molecule has 0 spiro atoms. The number of aromatic hydroxyl groups is 1. The van der Waals surface area contributed by atoms with Crippen LogP contribution in [0, 0.1) is 29.3 Å². The first kappa shape index (κ1) is 21.5. The van der Waals surface area contributed by atoms with Gasteiger partial charge < -0.3 is 10.0 Å². The van der Waals surface area contributed by atoms with Gasteiger partial charge in [0.15, 0.2) is 17.2 Å². The van der Waals surface area contributed by atoms with E-state index in [9.17, 15) is 32.7 Å². The number of carbonyl (C=O) groups is 2. The molecular formula is C23H22F3N3O4. The minimum atomic E-state index is -1.12. The van der Waals surface area contributed by atoms with Crippen LogP contribution < -0.4 is 10.4 Å². The number of hydrogen-bond donors (Lipinski definition) is 1. The van der Waals surface area contributed by atoms with Crippen LogP contribution in [0.1, 0.15) is 52.1 Å². The number of rotatable bonds is 4. The van der Waals surface area contributed by atoms with Crippen molar-refractivity contribution in [3.05, 3.63) is 62.8 Å². The van der Waals surface area contributed by atoms with Crippen molar-refractivity contribution in [2.75, 3.05) is 18.6 Å². The highest BCUT2D eigenvalue weighted by Crippen LogP contribution is 2.43. The Hall–Kier alpha value is -3.30. The Kier molecular flexibility index (Phi) is 4.98. The summed E-state index contributed by atoms with van der Waals surface area (Å²) in [6, 6.07) is 1.05. The summed E-state index contributed by atoms with van der Waals surface area (Å²) in [5.41, 5.74) is -2.04. The average Bonchev–Trinajstić information content (AvgIpc) is 3.13. The zero-order valence-corrected chi connectivity index (χ0v) is 17.9. The van der Waals surface area contributed by atoms with Crippen molar-refractivity contribution in [2.24, 2.45) is 11.8 Å². The zero-order valence-electron chi connectivity index (χ0n) is 17.9. The highest BCUT2D eigenvalue weighted by molar-refractivity contribution is 6.00. The summed E-state index contributed by atoms with van der Waals surface area (Å²) in [4.78, 5) is 40.1. The van der Waals surface area contributed by atoms with Crippen molar-refractivity contribution in [3.63, 3.8) is 0 Å². The van der Waals surface area contributed by atoms with Gasteiger partial charge in [-0.15, -0.1) is 0 Å². The summed E-state index contributed by atoms with van der Waals surface area (Å²) in [5.74, 6) is -4.73. The molecule has 7 nitrogen and oxygen atoms in total. The Balaban J connectivity index is 1.51. The SMILES string of the molecule is CN1C(=O)c2c(O)c(=O)c(C(=O)CCc3c(F)cc(F)cc3F)cn2N2C[C@@H]3CC[C@@H](C3)[C@@H]12. The molecule has 2 fully saturated rings. The van der Waals surface area contributed by atoms with Gasteiger partial charge in [0.1, 0.15) is 23.6 Å². The number of hydrogen-bond acceptors (Lipinski definition) is 5. The van der Waals surface area contributed by atoms with Crippen molar-refractivity contribution in [2.45, 2.75) is 38.3 Å². The standard InChI is InChI=1S/C23H22F3N3O4/c1-27-22-12-3-2-11(6-12)9-29(22)28-10-15(20(31)21(32)19(28)23(27)33)18(30)5-4-14-16(25)7-13(24)8-17(14)26/h7-8,10-12,22,32H,2-6,9H2,1H3/t11-,12+,22+/m1/s1. The van der Waals surface area contributed by atoms with Crippen molar-refractivity contribution in [3.8, 4) is 5.75 Å². The maximum absolute atomic E-state index is 13.9. The van der Waals surface area contributed by atoms with Crippen LogP contribution in [0.5, 0.6) is 5.75 Å². The molecule has 1 amide bonds. The van der Waals surface area contributed by atoms with Crippen molar-refractivity contribution < 1.29 is 27.9 Å². The molecule has 3 atom stereocenters. The monoisotopic (exact) mass is 461 g/mol. The first-order valence-corrected chi connectivity index (χ1v) is 10.9. The Morgan fingerprint density at radius 3 is 2.55 bits per heavy atom. The smallest absolute Gasteiger partial charge is 0.277 e. The third-order valence-electron chi connectivity index (χ3n) is 7.12. The number of ketones is 1. The lowest BCUT2D eigenvalue weighted by Crippen LogP contribution is -2.65. The zero-order chi connectivity index (χ0) is 23.6. The molecule has 1 saturated carbocycles. The molecule has 5 rings (SSSR count). The lowest BCUT2D eigenvalue weighted by atomic mass is 9.94. The molecule has 10 heteroatoms. The third-order valence-corrected chi connectivity index (χ3v) is 7.12. The van der Waals surface area contributed by atoms with Crippen LogP contribution in [-0.4, -0.2) is 46.1 Å². The van der Waals surface area contributed by atoms with Crippen molar-refractivity contribution in [1.82, 2.24) is 9.58 Å². The van der Waals surface area contributed by atoms with E-state index >= 15 is 0 Å². The van der Waals surface area contributed by atoms with E-state index in [1.54, 1.807) is 7.05 Å². The van der Waals surface area contributed by atoms with Crippen molar-refractivity contribution in [1.29, 1.82) is 0 Å². The van der Waals surface area contributed by atoms with Crippen LogP contribution in [0.25, 0.3) is 0 Å². The van der Waals surface area contributed by atoms with Gasteiger partial charge in [0.2, 0.25) is 5.43 Å². The molecule has 2 aromatic rings. The predicted octanol–water partition coefficient (Wildman–Crippen LogP) is 2.57. The number of halogens is 3. The van der Waals surface area contributed by atoms with Gasteiger partial charge in [-0.25, -0.2) is 13.2 Å². The second kappa shape index (κ2) is 7.64. The maximum atomic E-state index is 13.9. The number of aromatic nitrogens is 1. The van der Waals surface area contributed by atoms with E-state index < -0.39 is 58.7 Å². The van der Waals surface area contributed by atoms with E-state index in [-0.39, 0.29) is 23.3 Å². The first-order chi connectivity index (χ1) is 15.7. The van der Waals surface area contributed by atoms with Crippen LogP contribution in [0.3, 0.4) is 0 Å². The summed E-state index contributed by atoms with van der Waals surface area (Å²) < 4.78 is 42.4. The molecule has 1 aliphatic carbocycles. The highest BCUT2D eigenvalue weighted by Gasteiger charge is 2.48. The van der Waals surface area contributed by atoms with Gasteiger partial charge >= 0.3 is 0 Å². The van der Waals surface area contributed by atoms with E-state index in [1.807, 2.05) is 5.01 Å². The number of pyridine rings is 1. The lowest BCUT2D eigenvalue weighted by Gasteiger charge is -2.50. The fourth-order valence-electron chi connectivity index (χ4n) is 5.56. The largest absolute Gasteiger partial charge is 0.502 e. The fourth-order valence-corrected chi connectivity index (χ4v) is 5.56. The van der Waals surface area contributed by atoms with Gasteiger partial charge in [-0.2, -0.15) is 0 Å². The Morgan fingerprint density at radius 1 is 1.15 bits per heavy atom. The summed E-state index contributed by atoms with van der Waals surface area (Å²) in [7, 11) is 1.64. The third kappa shape index (κ3) is 3.30. The van der Waals surface area contributed by atoms with E-state index in [4.69, 9.17) is 0 Å². The van der Waals surface area contributed by atoms with Gasteiger partial charge in [-0.1, -0.05) is 0 Å². The topological polar surface area (TPSA) is 82.9 Å². The number of amides is 1. The highest BCUT2D eigenvalue weighted by atomic mass is 19.1. The van der Waals surface area contributed by atoms with Crippen LogP contribution in [0.15, 0.2) is 23.1 Å². The number of Topliss-reactive ketones (excluding diaryl/α,β-unsaturated/α-hetero) is 1. The van der Waals surface area contributed by atoms with Gasteiger partial charge in [0, 0.05) is 43.9 Å². The molecular weight excluding hydrogens is 439 g/mol. The maximum Gasteiger partial charge on any atom is 0.277 e. The molecule has 2 bridgehead atoms. The molecule has 3 aliphatic rings. The van der Waals surface area contributed by atoms with E-state index in [1.165, 1.54) is 15.8 Å². The first-order valence-electron chi connectivity index (χ1n) is 10.9. The summed E-state index contributed by atoms with van der Waals surface area (Å²) in [6.45, 7) is 0.605. The van der Waals surface area contributed by atoms with Crippen molar-refractivity contribution >= 4 is 11.7 Å². The summed E-state index contributed by atoms with van der Waals surface area (Å²) in [5, 5.41) is 12.5. The number of carbonyl (C=O) groups excluding carboxylic acids is 2. The minimum absolute atomic E-state index is 0.202. The summed E-state index contributed by atoms with van der Waals surface area (Å²) >= 11 is 0. The summed E-state index contributed by atoms with van der Waals surface area (Å²) in [6.07, 6.45) is 3.14. The number of piperidine rings is 1. The van der Waals surface area contributed by atoms with Crippen LogP contribution in [0.2, 0.25) is 0 Å². The average molecular weight is 461 g/mol. The molecule has 2 aliphatic heterocycles. The fraction of sp³-hybridized carbons (Fsp3) is 0.435. The van der Waals surface area contributed by atoms with E-state index in [0.29, 0.717) is 24.6 Å². The Bertz CT molecular complexity index is 1220. The normalized spacial score (nSPS) is 23.5. The molecule has 1 saturated heterocycles.